The zero-order valence-corrected chi connectivity index (χ0v) is 31.6. The molecule has 0 N–H and O–H groups in total. The summed E-state index contributed by atoms with van der Waals surface area (Å²) in [6, 6.07) is 23.1. The third kappa shape index (κ3) is 6.21. The molecular weight excluding hydrogens is 611 g/mol. The number of hydrogen-bond donors (Lipinski definition) is 0. The van der Waals surface area contributed by atoms with Crippen molar-refractivity contribution in [3.8, 4) is 11.1 Å². The molecule has 3 unspecified atom stereocenters. The van der Waals surface area contributed by atoms with Crippen LogP contribution >= 0.6 is 24.8 Å². The van der Waals surface area contributed by atoms with Gasteiger partial charge in [-0.3, -0.25) is 0 Å². The fourth-order valence-electron chi connectivity index (χ4n) is 7.06. The smallest absolute Gasteiger partial charge is 0.147 e. The van der Waals surface area contributed by atoms with Crippen LogP contribution in [0.15, 0.2) is 71.8 Å². The molecule has 3 aromatic rings. The number of halogens is 2. The zero-order chi connectivity index (χ0) is 27.1. The Labute approximate surface area is 257 Å². The quantitative estimate of drug-likeness (QED) is 0.239. The van der Waals surface area contributed by atoms with E-state index in [1.165, 1.54) is 29.6 Å². The second-order valence-electron chi connectivity index (χ2n) is 12.1. The molecule has 3 atom stereocenters. The van der Waals surface area contributed by atoms with Gasteiger partial charge in [-0.15, -0.1) is 24.8 Å². The fraction of sp³-hybridized carbons (Fsp3) is 0.371. The van der Waals surface area contributed by atoms with E-state index in [0.717, 1.165) is 0 Å². The van der Waals surface area contributed by atoms with Crippen LogP contribution < -0.4 is 0 Å². The molecule has 0 bridgehead atoms. The fourth-order valence-corrected chi connectivity index (χ4v) is 28.3. The molecule has 0 saturated heterocycles. The summed E-state index contributed by atoms with van der Waals surface area (Å²) in [5, 5.41) is 0. The van der Waals surface area contributed by atoms with Crippen molar-refractivity contribution in [2.75, 3.05) is 0 Å². The second kappa shape index (κ2) is 13.7. The van der Waals surface area contributed by atoms with Crippen molar-refractivity contribution in [3.63, 3.8) is 0 Å². The van der Waals surface area contributed by atoms with Crippen LogP contribution in [0.4, 0.5) is 0 Å². The molecule has 210 valence electrons. The van der Waals surface area contributed by atoms with Crippen molar-refractivity contribution in [1.82, 2.24) is 0 Å². The Morgan fingerprint density at radius 3 is 1.82 bits per heavy atom. The molecule has 5 rings (SSSR count). The summed E-state index contributed by atoms with van der Waals surface area (Å²) in [6.07, 6.45) is 5.11. The van der Waals surface area contributed by atoms with Gasteiger partial charge in [0.05, 0.1) is 0 Å². The van der Waals surface area contributed by atoms with E-state index in [2.05, 4.69) is 119 Å². The molecule has 0 saturated carbocycles. The van der Waals surface area contributed by atoms with Gasteiger partial charge in [-0.1, -0.05) is 13.8 Å². The SMILES string of the molecule is CC.CC1=Cc2c(-c3ccccc3)cccc2[CH]1[Zr]([CH3])([SiH3])[CH]1C(C)=Cc2c(C(C)C)cc(C(C)C)cc21.Cl.Cl. The largest absolute Gasteiger partial charge is 0.147 e. The minimum atomic E-state index is -2.67. The molecule has 39 heavy (non-hydrogen) atoms. The van der Waals surface area contributed by atoms with Crippen molar-refractivity contribution >= 4 is 44.3 Å². The Hall–Kier alpha value is -1.18. The van der Waals surface area contributed by atoms with Gasteiger partial charge in [-0.25, -0.2) is 0 Å². The summed E-state index contributed by atoms with van der Waals surface area (Å²) in [6.45, 7) is 18.3. The standard InChI is InChI=1S/C16H13.C16H21.C2H6.CH3.2ClH.H3Si.Zr/c1-12-10-14-8-5-9-15(16(14)11-12)13-6-3-2-4-7-13;1-10(2)13-8-14-6-12(5)7-16(14)15(9-13)11(3)4;1-2;;;;;/h2-11H,1H3;6-11H,1-5H3;1-2H3;1H3;2*1H;1H3;. The number of hydrogen-bond acceptors (Lipinski definition) is 0. The Morgan fingerprint density at radius 1 is 0.692 bits per heavy atom. The van der Waals surface area contributed by atoms with Crippen LogP contribution in [0, 0.1) is 0 Å². The Balaban J connectivity index is 0.00000130. The average Bonchev–Trinajstić information content (AvgIpc) is 3.40. The van der Waals surface area contributed by atoms with Crippen molar-refractivity contribution in [1.29, 1.82) is 0 Å². The maximum atomic E-state index is 2.78. The van der Waals surface area contributed by atoms with Gasteiger partial charge in [0.15, 0.2) is 0 Å². The third-order valence-electron chi connectivity index (χ3n) is 8.54. The average molecular weight is 659 g/mol. The van der Waals surface area contributed by atoms with Gasteiger partial charge >= 0.3 is 221 Å². The third-order valence-corrected chi connectivity index (χ3v) is 26.5. The predicted octanol–water partition coefficient (Wildman–Crippen LogP) is 10.6. The molecule has 2 aliphatic rings. The molecule has 0 radical (unpaired) electrons. The van der Waals surface area contributed by atoms with E-state index >= 15 is 0 Å². The second-order valence-corrected chi connectivity index (χ2v) is 36.6. The van der Waals surface area contributed by atoms with Gasteiger partial charge in [-0.05, 0) is 0 Å². The van der Waals surface area contributed by atoms with Crippen LogP contribution in [0.2, 0.25) is 4.63 Å². The minimum absolute atomic E-state index is 0. The molecule has 4 heteroatoms. The normalized spacial score (nSPS) is 18.6. The summed E-state index contributed by atoms with van der Waals surface area (Å²) in [5.41, 5.74) is 15.4. The van der Waals surface area contributed by atoms with E-state index in [1.54, 1.807) is 33.4 Å². The summed E-state index contributed by atoms with van der Waals surface area (Å²) in [5.74, 6) is 1.13. The summed E-state index contributed by atoms with van der Waals surface area (Å²) < 4.78 is 4.13. The van der Waals surface area contributed by atoms with Crippen LogP contribution in [0.25, 0.3) is 23.3 Å². The number of benzene rings is 3. The Kier molecular flexibility index (Phi) is 11.9. The van der Waals surface area contributed by atoms with E-state index < -0.39 is 19.4 Å². The molecule has 0 heterocycles. The first kappa shape index (κ1) is 34.0. The summed E-state index contributed by atoms with van der Waals surface area (Å²) in [7, 11) is 1.33. The topological polar surface area (TPSA) is 0 Å². The van der Waals surface area contributed by atoms with E-state index in [-0.39, 0.29) is 24.8 Å². The molecular formula is C35H48Cl2SiZr. The van der Waals surface area contributed by atoms with Gasteiger partial charge in [0.25, 0.3) is 0 Å². The summed E-state index contributed by atoms with van der Waals surface area (Å²) >= 11 is -2.67. The maximum absolute atomic E-state index is 2.78. The van der Waals surface area contributed by atoms with Gasteiger partial charge in [0.1, 0.15) is 0 Å². The van der Waals surface area contributed by atoms with E-state index in [1.807, 2.05) is 13.8 Å². The van der Waals surface area contributed by atoms with E-state index in [4.69, 9.17) is 0 Å². The van der Waals surface area contributed by atoms with E-state index in [0.29, 0.717) is 19.1 Å². The molecule has 2 aliphatic carbocycles. The zero-order valence-electron chi connectivity index (χ0n) is 25.6. The molecule has 0 spiro atoms. The van der Waals surface area contributed by atoms with Crippen molar-refractivity contribution in [2.45, 2.75) is 79.1 Å². The van der Waals surface area contributed by atoms with Gasteiger partial charge in [0, 0.05) is 0 Å². The van der Waals surface area contributed by atoms with Crippen molar-refractivity contribution in [3.05, 3.63) is 105 Å². The van der Waals surface area contributed by atoms with Crippen LogP contribution in [0.1, 0.15) is 108 Å². The molecule has 0 amide bonds. The Morgan fingerprint density at radius 2 is 1.26 bits per heavy atom. The first-order valence-corrected chi connectivity index (χ1v) is 28.0. The molecule has 0 aliphatic heterocycles. The minimum Gasteiger partial charge on any atom is -0.147 e. The molecule has 0 nitrogen and oxygen atoms in total. The first-order chi connectivity index (χ1) is 17.6. The monoisotopic (exact) mass is 656 g/mol. The first-order valence-electron chi connectivity index (χ1n) is 14.3. The van der Waals surface area contributed by atoms with E-state index in [9.17, 15) is 0 Å². The van der Waals surface area contributed by atoms with Gasteiger partial charge < -0.3 is 0 Å². The van der Waals surface area contributed by atoms with Crippen LogP contribution in [-0.4, -0.2) is 7.37 Å². The van der Waals surface area contributed by atoms with Crippen LogP contribution in [0.3, 0.4) is 0 Å². The summed E-state index contributed by atoms with van der Waals surface area (Å²) in [4.78, 5) is 0. The maximum Gasteiger partial charge on any atom is -0.147 e. The number of fused-ring (bicyclic) bond motifs is 2. The molecule has 0 aromatic heterocycles. The van der Waals surface area contributed by atoms with Gasteiger partial charge in [-0.2, -0.15) is 0 Å². The van der Waals surface area contributed by atoms with Crippen molar-refractivity contribution < 1.29 is 19.4 Å². The Bertz CT molecular complexity index is 1350. The molecule has 3 aromatic carbocycles. The van der Waals surface area contributed by atoms with Gasteiger partial charge in [0.2, 0.25) is 0 Å². The van der Waals surface area contributed by atoms with Crippen LogP contribution in [-0.2, 0) is 19.4 Å². The number of rotatable bonds is 5. The predicted molar refractivity (Wildman–Crippen MR) is 181 cm³/mol. The number of allylic oxidation sites excluding steroid dienone is 2. The van der Waals surface area contributed by atoms with Crippen LogP contribution in [0.5, 0.6) is 0 Å². The molecule has 0 fully saturated rings. The van der Waals surface area contributed by atoms with Crippen molar-refractivity contribution in [2.24, 2.45) is 0 Å².